The maximum atomic E-state index is 12.7. The fourth-order valence-corrected chi connectivity index (χ4v) is 3.41. The van der Waals surface area contributed by atoms with Gasteiger partial charge in [0.25, 0.3) is 0 Å². The molecule has 1 amide bonds. The molecule has 3 rings (SSSR count). The minimum absolute atomic E-state index is 0.0778. The van der Waals surface area contributed by atoms with Crippen molar-refractivity contribution in [1.29, 1.82) is 0 Å². The number of amides is 1. The van der Waals surface area contributed by atoms with Crippen molar-refractivity contribution in [2.45, 2.75) is 19.4 Å². The summed E-state index contributed by atoms with van der Waals surface area (Å²) in [7, 11) is 1.92. The predicted octanol–water partition coefficient (Wildman–Crippen LogP) is 2.63. The van der Waals surface area contributed by atoms with Crippen LogP contribution in [0.4, 0.5) is 0 Å². The molecule has 0 radical (unpaired) electrons. The van der Waals surface area contributed by atoms with E-state index in [4.69, 9.17) is 0 Å². The van der Waals surface area contributed by atoms with Gasteiger partial charge in [-0.25, -0.2) is 0 Å². The van der Waals surface area contributed by atoms with Crippen LogP contribution in [0.25, 0.3) is 0 Å². The maximum Gasteiger partial charge on any atom is 0.236 e. The largest absolute Gasteiger partial charge is 0.341 e. The Bertz CT molecular complexity index is 733. The molecule has 26 heavy (non-hydrogen) atoms. The summed E-state index contributed by atoms with van der Waals surface area (Å²) in [6.07, 6.45) is 3.48. The lowest BCUT2D eigenvalue weighted by molar-refractivity contribution is -0.133. The van der Waals surface area contributed by atoms with E-state index < -0.39 is 0 Å². The number of piperidine rings is 1. The Labute approximate surface area is 154 Å². The standard InChI is InChI=1S/C21H25N3O2/c1-23(15-19-11-5-6-12-22-19)16-20(25)24-13-7-10-18(14-24)21(26)17-8-3-2-4-9-17/h2-6,8-9,11-12,18H,7,10,13-16H2,1H3/t18-/m0/s1. The zero-order valence-corrected chi connectivity index (χ0v) is 15.2. The molecule has 0 saturated carbocycles. The third-order valence-electron chi connectivity index (χ3n) is 4.77. The number of rotatable bonds is 6. The molecule has 5 heteroatoms. The van der Waals surface area contributed by atoms with Crippen molar-refractivity contribution in [3.63, 3.8) is 0 Å². The van der Waals surface area contributed by atoms with Crippen molar-refractivity contribution in [3.8, 4) is 0 Å². The number of Topliss-reactive ketones (excluding diaryl/α,β-unsaturated/α-hetero) is 1. The zero-order chi connectivity index (χ0) is 18.4. The number of aromatic nitrogens is 1. The third-order valence-corrected chi connectivity index (χ3v) is 4.77. The maximum absolute atomic E-state index is 12.7. The first-order chi connectivity index (χ1) is 12.6. The van der Waals surface area contributed by atoms with Gasteiger partial charge in [-0.15, -0.1) is 0 Å². The highest BCUT2D eigenvalue weighted by molar-refractivity contribution is 5.98. The lowest BCUT2D eigenvalue weighted by atomic mass is 9.90. The van der Waals surface area contributed by atoms with Crippen LogP contribution in [-0.2, 0) is 11.3 Å². The van der Waals surface area contributed by atoms with Crippen molar-refractivity contribution in [2.24, 2.45) is 5.92 Å². The van der Waals surface area contributed by atoms with Gasteiger partial charge in [-0.05, 0) is 32.0 Å². The first-order valence-corrected chi connectivity index (χ1v) is 9.09. The average Bonchev–Trinajstić information content (AvgIpc) is 2.69. The fourth-order valence-electron chi connectivity index (χ4n) is 3.41. The molecule has 0 aliphatic carbocycles. The Morgan fingerprint density at radius 2 is 1.92 bits per heavy atom. The number of hydrogen-bond acceptors (Lipinski definition) is 4. The van der Waals surface area contributed by atoms with E-state index in [9.17, 15) is 9.59 Å². The van der Waals surface area contributed by atoms with Crippen LogP contribution in [0, 0.1) is 5.92 Å². The van der Waals surface area contributed by atoms with Gasteiger partial charge in [0.1, 0.15) is 0 Å². The minimum Gasteiger partial charge on any atom is -0.341 e. The van der Waals surface area contributed by atoms with Gasteiger partial charge in [-0.2, -0.15) is 0 Å². The smallest absolute Gasteiger partial charge is 0.236 e. The van der Waals surface area contributed by atoms with E-state index in [1.807, 2.05) is 65.4 Å². The summed E-state index contributed by atoms with van der Waals surface area (Å²) in [6.45, 7) is 2.22. The Morgan fingerprint density at radius 1 is 1.15 bits per heavy atom. The molecule has 1 aromatic carbocycles. The number of hydrogen-bond donors (Lipinski definition) is 0. The van der Waals surface area contributed by atoms with E-state index in [1.54, 1.807) is 6.20 Å². The van der Waals surface area contributed by atoms with Gasteiger partial charge in [0.15, 0.2) is 5.78 Å². The van der Waals surface area contributed by atoms with Crippen molar-refractivity contribution >= 4 is 11.7 Å². The summed E-state index contributed by atoms with van der Waals surface area (Å²) >= 11 is 0. The van der Waals surface area contributed by atoms with E-state index in [0.717, 1.165) is 30.6 Å². The highest BCUT2D eigenvalue weighted by Crippen LogP contribution is 2.21. The highest BCUT2D eigenvalue weighted by Gasteiger charge is 2.29. The van der Waals surface area contributed by atoms with Crippen molar-refractivity contribution in [3.05, 3.63) is 66.0 Å². The zero-order valence-electron chi connectivity index (χ0n) is 15.2. The fraction of sp³-hybridized carbons (Fsp3) is 0.381. The lowest BCUT2D eigenvalue weighted by Gasteiger charge is -2.33. The molecule has 2 aromatic rings. The van der Waals surface area contributed by atoms with Gasteiger partial charge >= 0.3 is 0 Å². The molecule has 0 N–H and O–H groups in total. The van der Waals surface area contributed by atoms with Gasteiger partial charge < -0.3 is 4.90 Å². The Hall–Kier alpha value is -2.53. The molecule has 1 saturated heterocycles. The highest BCUT2D eigenvalue weighted by atomic mass is 16.2. The van der Waals surface area contributed by atoms with Crippen LogP contribution in [-0.4, -0.2) is 53.2 Å². The predicted molar refractivity (Wildman–Crippen MR) is 101 cm³/mol. The summed E-state index contributed by atoms with van der Waals surface area (Å²) in [5.74, 6) is 0.120. The number of carbonyl (C=O) groups is 2. The van der Waals surface area contributed by atoms with Gasteiger partial charge in [0.2, 0.25) is 5.91 Å². The van der Waals surface area contributed by atoms with Gasteiger partial charge in [0, 0.05) is 37.3 Å². The van der Waals surface area contributed by atoms with Gasteiger partial charge in [-0.3, -0.25) is 19.5 Å². The molecule has 5 nitrogen and oxygen atoms in total. The number of ketones is 1. The monoisotopic (exact) mass is 351 g/mol. The number of nitrogens with zero attached hydrogens (tertiary/aromatic N) is 3. The van der Waals surface area contributed by atoms with Gasteiger partial charge in [0.05, 0.1) is 12.2 Å². The van der Waals surface area contributed by atoms with E-state index in [-0.39, 0.29) is 17.6 Å². The molecular formula is C21H25N3O2. The molecule has 0 unspecified atom stereocenters. The molecular weight excluding hydrogens is 326 g/mol. The number of benzene rings is 1. The summed E-state index contributed by atoms with van der Waals surface area (Å²) in [5.41, 5.74) is 1.68. The number of carbonyl (C=O) groups excluding carboxylic acids is 2. The number of pyridine rings is 1. The van der Waals surface area contributed by atoms with E-state index >= 15 is 0 Å². The Morgan fingerprint density at radius 3 is 2.65 bits per heavy atom. The summed E-state index contributed by atoms with van der Waals surface area (Å²) < 4.78 is 0. The number of likely N-dealkylation sites (N-methyl/N-ethyl adjacent to an activating group) is 1. The summed E-state index contributed by atoms with van der Waals surface area (Å²) in [4.78, 5) is 33.4. The van der Waals surface area contributed by atoms with Crippen molar-refractivity contribution in [1.82, 2.24) is 14.8 Å². The summed E-state index contributed by atoms with van der Waals surface area (Å²) in [6, 6.07) is 15.2. The van der Waals surface area contributed by atoms with Crippen LogP contribution in [0.3, 0.4) is 0 Å². The first kappa shape index (κ1) is 18.3. The quantitative estimate of drug-likeness (QED) is 0.751. The topological polar surface area (TPSA) is 53.5 Å². The van der Waals surface area contributed by atoms with Crippen LogP contribution in [0.15, 0.2) is 54.7 Å². The van der Waals surface area contributed by atoms with Gasteiger partial charge in [-0.1, -0.05) is 36.4 Å². The molecule has 1 atom stereocenters. The molecule has 1 aromatic heterocycles. The van der Waals surface area contributed by atoms with Crippen LogP contribution in [0.5, 0.6) is 0 Å². The Balaban J connectivity index is 1.55. The second-order valence-electron chi connectivity index (χ2n) is 6.90. The van der Waals surface area contributed by atoms with E-state index in [1.165, 1.54) is 0 Å². The minimum atomic E-state index is -0.101. The summed E-state index contributed by atoms with van der Waals surface area (Å²) in [5, 5.41) is 0. The molecule has 0 bridgehead atoms. The average molecular weight is 351 g/mol. The van der Waals surface area contributed by atoms with E-state index in [0.29, 0.717) is 19.6 Å². The molecule has 2 heterocycles. The second-order valence-corrected chi connectivity index (χ2v) is 6.90. The lowest BCUT2D eigenvalue weighted by Crippen LogP contribution is -2.46. The molecule has 136 valence electrons. The normalized spacial score (nSPS) is 17.3. The first-order valence-electron chi connectivity index (χ1n) is 9.09. The van der Waals surface area contributed by atoms with Crippen LogP contribution < -0.4 is 0 Å². The Kier molecular flexibility index (Phi) is 6.12. The SMILES string of the molecule is CN(CC(=O)N1CCC[C@H](C(=O)c2ccccc2)C1)Cc1ccccn1. The van der Waals surface area contributed by atoms with Crippen LogP contribution in [0.1, 0.15) is 28.9 Å². The van der Waals surface area contributed by atoms with Crippen LogP contribution in [0.2, 0.25) is 0 Å². The third kappa shape index (κ3) is 4.76. The number of likely N-dealkylation sites (tertiary alicyclic amines) is 1. The molecule has 0 spiro atoms. The van der Waals surface area contributed by atoms with E-state index in [2.05, 4.69) is 4.98 Å². The van der Waals surface area contributed by atoms with Crippen LogP contribution >= 0.6 is 0 Å². The second kappa shape index (κ2) is 8.72. The van der Waals surface area contributed by atoms with Crippen molar-refractivity contribution in [2.75, 3.05) is 26.7 Å². The molecule has 1 aliphatic heterocycles. The molecule has 1 fully saturated rings. The van der Waals surface area contributed by atoms with Crippen molar-refractivity contribution < 1.29 is 9.59 Å². The molecule has 1 aliphatic rings.